The van der Waals surface area contributed by atoms with E-state index in [0.29, 0.717) is 42.3 Å². The van der Waals surface area contributed by atoms with Crippen molar-refractivity contribution in [3.05, 3.63) is 83.3 Å². The molecule has 1 heterocycles. The van der Waals surface area contributed by atoms with E-state index in [1.54, 1.807) is 30.3 Å². The van der Waals surface area contributed by atoms with E-state index < -0.39 is 0 Å². The van der Waals surface area contributed by atoms with Crippen LogP contribution in [0.3, 0.4) is 0 Å². The fourth-order valence-electron chi connectivity index (χ4n) is 4.92. The molecule has 0 radical (unpaired) electrons. The van der Waals surface area contributed by atoms with E-state index in [1.165, 1.54) is 31.2 Å². The van der Waals surface area contributed by atoms with E-state index in [1.807, 2.05) is 42.5 Å². The highest BCUT2D eigenvalue weighted by Crippen LogP contribution is 2.29. The number of carbonyl (C=O) groups is 2. The highest BCUT2D eigenvalue weighted by atomic mass is 16.5. The molecule has 0 atom stereocenters. The monoisotopic (exact) mass is 546 g/mol. The third-order valence-corrected chi connectivity index (χ3v) is 7.47. The summed E-state index contributed by atoms with van der Waals surface area (Å²) in [4.78, 5) is 30.7. The molecule has 1 aliphatic rings. The van der Waals surface area contributed by atoms with Crippen LogP contribution in [0.15, 0.2) is 65.3 Å². The first kappa shape index (κ1) is 29.2. The van der Waals surface area contributed by atoms with Gasteiger partial charge in [0.15, 0.2) is 11.5 Å². The standard InChI is InChI=1S/C33H42N2O5/c1-4-5-6-7-9-25-11-14-27(15-12-25)33(37)35(28-16-17-28)24-32(36)34(23-29-10-8-21-40-29)20-19-26-13-18-30(38-2)31(22-26)39-3/h8,10-15,18,21-22,28H,4-7,9,16-17,19-20,23-24H2,1-3H3. The van der Waals surface area contributed by atoms with Gasteiger partial charge in [-0.1, -0.05) is 44.4 Å². The third kappa shape index (κ3) is 8.13. The molecule has 0 spiro atoms. The average Bonchev–Trinajstić information content (AvgIpc) is 3.70. The normalized spacial score (nSPS) is 12.7. The van der Waals surface area contributed by atoms with Crippen LogP contribution in [-0.4, -0.2) is 55.0 Å². The minimum atomic E-state index is -0.0929. The summed E-state index contributed by atoms with van der Waals surface area (Å²) in [5.41, 5.74) is 2.92. The van der Waals surface area contributed by atoms with Crippen LogP contribution in [0.1, 0.15) is 72.7 Å². The Morgan fingerprint density at radius 3 is 2.30 bits per heavy atom. The Morgan fingerprint density at radius 1 is 0.900 bits per heavy atom. The Kier molecular flexibility index (Phi) is 10.7. The number of furan rings is 1. The van der Waals surface area contributed by atoms with E-state index in [0.717, 1.165) is 24.8 Å². The molecule has 0 aliphatic heterocycles. The minimum Gasteiger partial charge on any atom is -0.493 e. The molecule has 3 aromatic rings. The first-order valence-corrected chi connectivity index (χ1v) is 14.4. The Bertz CT molecular complexity index is 1220. The highest BCUT2D eigenvalue weighted by molar-refractivity contribution is 5.97. The van der Waals surface area contributed by atoms with Gasteiger partial charge in [-0.05, 0) is 79.6 Å². The van der Waals surface area contributed by atoms with Gasteiger partial charge < -0.3 is 23.7 Å². The number of hydrogen-bond acceptors (Lipinski definition) is 5. The SMILES string of the molecule is CCCCCCc1ccc(C(=O)N(CC(=O)N(CCc2ccc(OC)c(OC)c2)Cc2ccco2)C2CC2)cc1. The number of amides is 2. The highest BCUT2D eigenvalue weighted by Gasteiger charge is 2.35. The second-order valence-corrected chi connectivity index (χ2v) is 10.5. The van der Waals surface area contributed by atoms with Crippen LogP contribution < -0.4 is 9.47 Å². The summed E-state index contributed by atoms with van der Waals surface area (Å²) in [6.07, 6.45) is 10.00. The minimum absolute atomic E-state index is 0.0505. The van der Waals surface area contributed by atoms with E-state index >= 15 is 0 Å². The quantitative estimate of drug-likeness (QED) is 0.197. The van der Waals surface area contributed by atoms with Gasteiger partial charge in [0.05, 0.1) is 27.0 Å². The Labute approximate surface area is 238 Å². The van der Waals surface area contributed by atoms with Crippen molar-refractivity contribution in [1.82, 2.24) is 9.80 Å². The first-order valence-electron chi connectivity index (χ1n) is 14.4. The molecule has 7 nitrogen and oxygen atoms in total. The molecule has 0 saturated heterocycles. The molecule has 214 valence electrons. The van der Waals surface area contributed by atoms with Crippen molar-refractivity contribution in [3.63, 3.8) is 0 Å². The fraction of sp³-hybridized carbons (Fsp3) is 0.455. The van der Waals surface area contributed by atoms with E-state index in [2.05, 4.69) is 19.1 Å². The van der Waals surface area contributed by atoms with Gasteiger partial charge in [0.1, 0.15) is 12.3 Å². The number of rotatable bonds is 16. The Balaban J connectivity index is 1.43. The Morgan fingerprint density at radius 2 is 1.65 bits per heavy atom. The second-order valence-electron chi connectivity index (χ2n) is 10.5. The zero-order valence-corrected chi connectivity index (χ0v) is 24.1. The lowest BCUT2D eigenvalue weighted by molar-refractivity contribution is -0.132. The molecule has 1 aromatic heterocycles. The number of hydrogen-bond donors (Lipinski definition) is 0. The van der Waals surface area contributed by atoms with Crippen molar-refractivity contribution in [2.45, 2.75) is 70.9 Å². The molecule has 40 heavy (non-hydrogen) atoms. The van der Waals surface area contributed by atoms with Crippen LogP contribution in [0.25, 0.3) is 0 Å². The van der Waals surface area contributed by atoms with Crippen molar-refractivity contribution in [3.8, 4) is 11.5 Å². The number of nitrogens with zero attached hydrogens (tertiary/aromatic N) is 2. The largest absolute Gasteiger partial charge is 0.493 e. The van der Waals surface area contributed by atoms with Crippen molar-refractivity contribution in [2.24, 2.45) is 0 Å². The predicted octanol–water partition coefficient (Wildman–Crippen LogP) is 6.30. The Hall–Kier alpha value is -3.74. The van der Waals surface area contributed by atoms with Crippen molar-refractivity contribution in [1.29, 1.82) is 0 Å². The zero-order valence-electron chi connectivity index (χ0n) is 24.1. The molecular weight excluding hydrogens is 504 g/mol. The topological polar surface area (TPSA) is 72.2 Å². The van der Waals surface area contributed by atoms with Crippen LogP contribution in [0.4, 0.5) is 0 Å². The van der Waals surface area contributed by atoms with Crippen molar-refractivity contribution in [2.75, 3.05) is 27.3 Å². The maximum absolute atomic E-state index is 13.7. The lowest BCUT2D eigenvalue weighted by Gasteiger charge is -2.27. The summed E-state index contributed by atoms with van der Waals surface area (Å²) in [5.74, 6) is 1.86. The molecule has 0 unspecified atom stereocenters. The van der Waals surface area contributed by atoms with Crippen LogP contribution in [0, 0.1) is 0 Å². The van der Waals surface area contributed by atoms with Gasteiger partial charge in [-0.15, -0.1) is 0 Å². The third-order valence-electron chi connectivity index (χ3n) is 7.47. The van der Waals surface area contributed by atoms with Crippen LogP contribution >= 0.6 is 0 Å². The molecular formula is C33H42N2O5. The number of methoxy groups -OCH3 is 2. The van der Waals surface area contributed by atoms with Crippen LogP contribution in [-0.2, 0) is 24.2 Å². The number of ether oxygens (including phenoxy) is 2. The summed E-state index contributed by atoms with van der Waals surface area (Å²) in [7, 11) is 3.22. The van der Waals surface area contributed by atoms with E-state index in [4.69, 9.17) is 13.9 Å². The van der Waals surface area contributed by atoms with E-state index in [-0.39, 0.29) is 24.4 Å². The fourth-order valence-corrected chi connectivity index (χ4v) is 4.92. The molecule has 2 aromatic carbocycles. The maximum atomic E-state index is 13.7. The molecule has 1 saturated carbocycles. The first-order chi connectivity index (χ1) is 19.5. The lowest BCUT2D eigenvalue weighted by Crippen LogP contribution is -2.44. The van der Waals surface area contributed by atoms with Gasteiger partial charge in [0.2, 0.25) is 5.91 Å². The van der Waals surface area contributed by atoms with Crippen molar-refractivity contribution >= 4 is 11.8 Å². The molecule has 7 heteroatoms. The molecule has 4 rings (SSSR count). The molecule has 1 aliphatic carbocycles. The summed E-state index contributed by atoms with van der Waals surface area (Å²) >= 11 is 0. The predicted molar refractivity (Wildman–Crippen MR) is 156 cm³/mol. The average molecular weight is 547 g/mol. The van der Waals surface area contributed by atoms with Gasteiger partial charge in [-0.3, -0.25) is 9.59 Å². The van der Waals surface area contributed by atoms with Gasteiger partial charge >= 0.3 is 0 Å². The summed E-state index contributed by atoms with van der Waals surface area (Å²) in [5, 5.41) is 0. The van der Waals surface area contributed by atoms with Crippen molar-refractivity contribution < 1.29 is 23.5 Å². The van der Waals surface area contributed by atoms with Gasteiger partial charge in [-0.2, -0.15) is 0 Å². The molecule has 0 bridgehead atoms. The summed E-state index contributed by atoms with van der Waals surface area (Å²) in [6.45, 7) is 3.09. The zero-order chi connectivity index (χ0) is 28.3. The number of benzene rings is 2. The summed E-state index contributed by atoms with van der Waals surface area (Å²) < 4.78 is 16.3. The molecule has 2 amide bonds. The maximum Gasteiger partial charge on any atom is 0.254 e. The second kappa shape index (κ2) is 14.6. The number of aryl methyl sites for hydroxylation is 1. The molecule has 0 N–H and O–H groups in total. The molecule has 1 fully saturated rings. The van der Waals surface area contributed by atoms with Crippen LogP contribution in [0.5, 0.6) is 11.5 Å². The lowest BCUT2D eigenvalue weighted by atomic mass is 10.0. The van der Waals surface area contributed by atoms with Crippen LogP contribution in [0.2, 0.25) is 0 Å². The van der Waals surface area contributed by atoms with Gasteiger partial charge in [0, 0.05) is 18.2 Å². The van der Waals surface area contributed by atoms with Gasteiger partial charge in [-0.25, -0.2) is 0 Å². The smallest absolute Gasteiger partial charge is 0.254 e. The van der Waals surface area contributed by atoms with Gasteiger partial charge in [0.25, 0.3) is 5.91 Å². The summed E-state index contributed by atoms with van der Waals surface area (Å²) in [6, 6.07) is 17.5. The van der Waals surface area contributed by atoms with E-state index in [9.17, 15) is 9.59 Å². The number of unbranched alkanes of at least 4 members (excludes halogenated alkanes) is 3. The number of carbonyl (C=O) groups excluding carboxylic acids is 2.